The van der Waals surface area contributed by atoms with E-state index in [1.54, 1.807) is 23.1 Å². The van der Waals surface area contributed by atoms with E-state index in [0.29, 0.717) is 35.4 Å². The van der Waals surface area contributed by atoms with Crippen molar-refractivity contribution in [1.29, 1.82) is 0 Å². The minimum Gasteiger partial charge on any atom is -0.494 e. The molecule has 1 aliphatic rings. The number of benzene rings is 2. The summed E-state index contributed by atoms with van der Waals surface area (Å²) in [6, 6.07) is 14.4. The molecule has 4 rings (SSSR count). The number of hydrogen-bond acceptors (Lipinski definition) is 5. The highest BCUT2D eigenvalue weighted by Gasteiger charge is 2.42. The highest BCUT2D eigenvalue weighted by molar-refractivity contribution is 5.99. The maximum Gasteiger partial charge on any atom is 0.290 e. The first-order valence-electron chi connectivity index (χ1n) is 10.9. The molecule has 6 heteroatoms. The van der Waals surface area contributed by atoms with Gasteiger partial charge in [0.15, 0.2) is 5.43 Å². The summed E-state index contributed by atoms with van der Waals surface area (Å²) < 4.78 is 11.6. The lowest BCUT2D eigenvalue weighted by Gasteiger charge is -2.28. The molecule has 162 valence electrons. The Morgan fingerprint density at radius 1 is 1.03 bits per heavy atom. The zero-order valence-corrected chi connectivity index (χ0v) is 18.3. The molecule has 6 nitrogen and oxygen atoms in total. The van der Waals surface area contributed by atoms with Crippen LogP contribution in [0.2, 0.25) is 0 Å². The van der Waals surface area contributed by atoms with Crippen LogP contribution < -0.4 is 10.2 Å². The third-order valence-corrected chi connectivity index (χ3v) is 5.92. The van der Waals surface area contributed by atoms with E-state index in [1.807, 2.05) is 37.3 Å². The summed E-state index contributed by atoms with van der Waals surface area (Å²) >= 11 is 0. The van der Waals surface area contributed by atoms with Crippen LogP contribution in [0.5, 0.6) is 5.75 Å². The van der Waals surface area contributed by atoms with E-state index in [-0.39, 0.29) is 17.1 Å². The number of amides is 1. The fourth-order valence-electron chi connectivity index (χ4n) is 4.26. The Hall–Kier alpha value is -3.12. The summed E-state index contributed by atoms with van der Waals surface area (Å²) in [6.45, 7) is 9.67. The van der Waals surface area contributed by atoms with Gasteiger partial charge in [0.2, 0.25) is 5.76 Å². The number of hydrogen-bond donors (Lipinski definition) is 0. The highest BCUT2D eigenvalue weighted by Crippen LogP contribution is 2.38. The quantitative estimate of drug-likeness (QED) is 0.550. The zero-order valence-electron chi connectivity index (χ0n) is 18.3. The molecule has 0 bridgehead atoms. The third kappa shape index (κ3) is 3.83. The summed E-state index contributed by atoms with van der Waals surface area (Å²) in [5.74, 6) is 0.512. The molecule has 3 aromatic rings. The molecule has 0 saturated carbocycles. The van der Waals surface area contributed by atoms with Crippen molar-refractivity contribution in [3.63, 3.8) is 0 Å². The Morgan fingerprint density at radius 2 is 1.77 bits per heavy atom. The lowest BCUT2D eigenvalue weighted by atomic mass is 9.98. The van der Waals surface area contributed by atoms with E-state index in [0.717, 1.165) is 25.2 Å². The van der Waals surface area contributed by atoms with Crippen molar-refractivity contribution in [2.45, 2.75) is 26.8 Å². The van der Waals surface area contributed by atoms with Gasteiger partial charge in [0, 0.05) is 19.2 Å². The van der Waals surface area contributed by atoms with E-state index in [1.165, 1.54) is 0 Å². The van der Waals surface area contributed by atoms with Crippen LogP contribution in [0.25, 0.3) is 11.0 Å². The van der Waals surface area contributed by atoms with E-state index in [2.05, 4.69) is 18.7 Å². The molecule has 0 spiro atoms. The van der Waals surface area contributed by atoms with Crippen molar-refractivity contribution in [1.82, 2.24) is 9.80 Å². The zero-order chi connectivity index (χ0) is 22.0. The smallest absolute Gasteiger partial charge is 0.290 e. The Morgan fingerprint density at radius 3 is 2.45 bits per heavy atom. The monoisotopic (exact) mass is 420 g/mol. The first kappa shape index (κ1) is 21.1. The maximum absolute atomic E-state index is 13.5. The van der Waals surface area contributed by atoms with Gasteiger partial charge < -0.3 is 19.0 Å². The molecule has 0 radical (unpaired) electrons. The molecule has 0 fully saturated rings. The Labute approximate surface area is 182 Å². The molecule has 0 aliphatic carbocycles. The second-order valence-corrected chi connectivity index (χ2v) is 7.60. The summed E-state index contributed by atoms with van der Waals surface area (Å²) in [7, 11) is 0. The van der Waals surface area contributed by atoms with Gasteiger partial charge in [0.1, 0.15) is 11.3 Å². The number of rotatable bonds is 8. The van der Waals surface area contributed by atoms with Gasteiger partial charge in [-0.25, -0.2) is 0 Å². The predicted molar refractivity (Wildman–Crippen MR) is 121 cm³/mol. The minimum absolute atomic E-state index is 0.138. The van der Waals surface area contributed by atoms with Gasteiger partial charge in [-0.3, -0.25) is 9.59 Å². The molecular formula is C25H28N2O4. The molecule has 1 aromatic heterocycles. The standard InChI is InChI=1S/C25H28N2O4/c1-4-26(5-2)14-15-27-22(17-10-8-7-9-11-17)21-23(28)19-13-12-18(30-6-3)16-20(19)31-24(21)25(27)29/h7-13,16,22H,4-6,14-15H2,1-3H3. The van der Waals surface area contributed by atoms with Gasteiger partial charge in [-0.1, -0.05) is 44.2 Å². The summed E-state index contributed by atoms with van der Waals surface area (Å²) in [5, 5.41) is 0.460. The molecular weight excluding hydrogens is 392 g/mol. The maximum atomic E-state index is 13.5. The number of carbonyl (C=O) groups is 1. The second kappa shape index (κ2) is 8.94. The van der Waals surface area contributed by atoms with E-state index in [9.17, 15) is 9.59 Å². The SMILES string of the molecule is CCOc1ccc2c(=O)c3c(oc2c1)C(=O)N(CCN(CC)CC)C3c1ccccc1. The Balaban J connectivity index is 1.84. The van der Waals surface area contributed by atoms with Gasteiger partial charge in [-0.05, 0) is 37.7 Å². The predicted octanol–water partition coefficient (Wildman–Crippen LogP) is 4.08. The number of carbonyl (C=O) groups excluding carboxylic acids is 1. The van der Waals surface area contributed by atoms with Gasteiger partial charge in [-0.15, -0.1) is 0 Å². The van der Waals surface area contributed by atoms with Crippen molar-refractivity contribution in [3.05, 3.63) is 75.6 Å². The normalized spacial score (nSPS) is 15.7. The van der Waals surface area contributed by atoms with Crippen LogP contribution in [0.3, 0.4) is 0 Å². The largest absolute Gasteiger partial charge is 0.494 e. The van der Waals surface area contributed by atoms with Crippen LogP contribution >= 0.6 is 0 Å². The van der Waals surface area contributed by atoms with Crippen molar-refractivity contribution in [2.24, 2.45) is 0 Å². The summed E-state index contributed by atoms with van der Waals surface area (Å²) in [4.78, 5) is 31.0. The van der Waals surface area contributed by atoms with Gasteiger partial charge in [0.25, 0.3) is 5.91 Å². The minimum atomic E-state index is -0.452. The Kier molecular flexibility index (Phi) is 6.09. The van der Waals surface area contributed by atoms with Crippen LogP contribution in [0.1, 0.15) is 48.5 Å². The van der Waals surface area contributed by atoms with E-state index >= 15 is 0 Å². The topological polar surface area (TPSA) is 63.0 Å². The van der Waals surface area contributed by atoms with Crippen LogP contribution in [-0.4, -0.2) is 48.5 Å². The third-order valence-electron chi connectivity index (χ3n) is 5.92. The highest BCUT2D eigenvalue weighted by atomic mass is 16.5. The van der Waals surface area contributed by atoms with Crippen molar-refractivity contribution in [3.8, 4) is 5.75 Å². The fraction of sp³-hybridized carbons (Fsp3) is 0.360. The summed E-state index contributed by atoms with van der Waals surface area (Å²) in [5.41, 5.74) is 1.55. The van der Waals surface area contributed by atoms with Gasteiger partial charge in [-0.2, -0.15) is 0 Å². The van der Waals surface area contributed by atoms with E-state index in [4.69, 9.17) is 9.15 Å². The lowest BCUT2D eigenvalue weighted by molar-refractivity contribution is 0.0708. The molecule has 1 aliphatic heterocycles. The molecule has 2 aromatic carbocycles. The molecule has 0 N–H and O–H groups in total. The van der Waals surface area contributed by atoms with Gasteiger partial charge in [0.05, 0.1) is 23.6 Å². The van der Waals surface area contributed by atoms with Crippen LogP contribution in [-0.2, 0) is 0 Å². The van der Waals surface area contributed by atoms with Crippen LogP contribution in [0.15, 0.2) is 57.7 Å². The first-order valence-corrected chi connectivity index (χ1v) is 10.9. The number of fused-ring (bicyclic) bond motifs is 2. The molecule has 0 saturated heterocycles. The first-order chi connectivity index (χ1) is 15.1. The molecule has 1 unspecified atom stereocenters. The van der Waals surface area contributed by atoms with Crippen molar-refractivity contribution in [2.75, 3.05) is 32.8 Å². The van der Waals surface area contributed by atoms with Crippen molar-refractivity contribution < 1.29 is 13.9 Å². The average molecular weight is 421 g/mol. The van der Waals surface area contributed by atoms with Gasteiger partial charge >= 0.3 is 0 Å². The van der Waals surface area contributed by atoms with E-state index < -0.39 is 6.04 Å². The average Bonchev–Trinajstić information content (AvgIpc) is 3.07. The molecule has 1 atom stereocenters. The Bertz CT molecular complexity index is 1140. The van der Waals surface area contributed by atoms with Crippen molar-refractivity contribution >= 4 is 16.9 Å². The lowest BCUT2D eigenvalue weighted by Crippen LogP contribution is -2.37. The fourth-order valence-corrected chi connectivity index (χ4v) is 4.26. The molecule has 1 amide bonds. The number of likely N-dealkylation sites (N-methyl/N-ethyl adjacent to an activating group) is 1. The van der Waals surface area contributed by atoms with Crippen LogP contribution in [0, 0.1) is 0 Å². The second-order valence-electron chi connectivity index (χ2n) is 7.60. The summed E-state index contributed by atoms with van der Waals surface area (Å²) in [6.07, 6.45) is 0. The number of ether oxygens (including phenoxy) is 1. The number of nitrogens with zero attached hydrogens (tertiary/aromatic N) is 2. The molecule has 31 heavy (non-hydrogen) atoms. The van der Waals surface area contributed by atoms with Crippen LogP contribution in [0.4, 0.5) is 0 Å². The molecule has 2 heterocycles.